The number of nitrogen functional groups attached to an aromatic ring is 2. The standard InChI is InChI=1S/C24H27ClN6O2.C16H18ClN5O3.B/c1-29(16-17-5-3-2-4-6-17)23(32)15-27-24(33)31-11-9-30(10-12-31)21-14-22(26)28-20-13-18(25)7-8-19(20)21;17-10-1-2-11-12(7-10)20-14(18)8-13(11)21-3-5-22(6-4-21)16(25)19-9-15(23)24;/h2-8,13-14H,9-12,15-16H2,1H3,(H2,26,28)(H,27,33);1-2,7-8H,3-6,9H2,(H2,18,20)(H,19,25)(H,23,24);. The van der Waals surface area contributed by atoms with Crippen LogP contribution in [0.5, 0.6) is 0 Å². The minimum atomic E-state index is -1.07. The van der Waals surface area contributed by atoms with E-state index in [9.17, 15) is 19.2 Å². The first kappa shape index (κ1) is 43.9. The number of halogens is 2. The Labute approximate surface area is 353 Å². The molecule has 0 unspecified atom stereocenters. The van der Waals surface area contributed by atoms with E-state index in [1.165, 1.54) is 0 Å². The molecule has 2 aliphatic rings. The minimum absolute atomic E-state index is 0. The number of hydrogen-bond donors (Lipinski definition) is 5. The number of carboxylic acid groups (broad SMARTS) is 1. The highest BCUT2D eigenvalue weighted by atomic mass is 35.5. The summed E-state index contributed by atoms with van der Waals surface area (Å²) in [6, 6.07) is 23.9. The lowest BCUT2D eigenvalue weighted by atomic mass is 10.1. The van der Waals surface area contributed by atoms with Gasteiger partial charge in [0, 0.05) is 119 Å². The molecule has 5 amide bonds. The molecule has 2 aliphatic heterocycles. The van der Waals surface area contributed by atoms with Crippen molar-refractivity contribution in [2.45, 2.75) is 6.54 Å². The SMILES string of the molecule is CN(Cc1ccccc1)C(=O)CNC(=O)N1CCN(c2cc(N)nc3cc(Cl)ccc23)CC1.Nc1cc(N2CCN(C(=O)NCC(=O)O)CC2)c2ccc(Cl)cc2n1.[B]. The molecular weight excluding hydrogens is 796 g/mol. The van der Waals surface area contributed by atoms with Gasteiger partial charge in [-0.1, -0.05) is 53.5 Å². The molecule has 4 heterocycles. The molecule has 7 rings (SSSR count). The predicted molar refractivity (Wildman–Crippen MR) is 233 cm³/mol. The third kappa shape index (κ3) is 11.5. The van der Waals surface area contributed by atoms with Gasteiger partial charge in [-0.05, 0) is 42.0 Å². The first-order valence-electron chi connectivity index (χ1n) is 18.6. The molecule has 2 fully saturated rings. The number of nitrogens with one attached hydrogen (secondary N) is 2. The normalized spacial score (nSPS) is 13.9. The van der Waals surface area contributed by atoms with Crippen molar-refractivity contribution in [1.29, 1.82) is 0 Å². The Morgan fingerprint density at radius 1 is 0.678 bits per heavy atom. The van der Waals surface area contributed by atoms with Crippen LogP contribution in [0.4, 0.5) is 32.6 Å². The Balaban J connectivity index is 0.000000229. The Bertz CT molecular complexity index is 2280. The molecule has 0 bridgehead atoms. The molecule has 2 aromatic heterocycles. The topological polar surface area (TPSA) is 207 Å². The largest absolute Gasteiger partial charge is 0.480 e. The molecule has 5 aromatic rings. The number of benzene rings is 3. The monoisotopic (exact) mass is 840 g/mol. The van der Waals surface area contributed by atoms with E-state index < -0.39 is 5.97 Å². The lowest BCUT2D eigenvalue weighted by Crippen LogP contribution is -2.53. The molecule has 307 valence electrons. The second-order valence-corrected chi connectivity index (χ2v) is 14.7. The quantitative estimate of drug-likeness (QED) is 0.141. The van der Waals surface area contributed by atoms with Crippen molar-refractivity contribution in [1.82, 2.24) is 35.3 Å². The van der Waals surface area contributed by atoms with Crippen LogP contribution < -0.4 is 31.9 Å². The summed E-state index contributed by atoms with van der Waals surface area (Å²) in [6.07, 6.45) is 0. The second kappa shape index (κ2) is 20.0. The van der Waals surface area contributed by atoms with Crippen LogP contribution in [0.1, 0.15) is 5.56 Å². The van der Waals surface area contributed by atoms with E-state index in [1.54, 1.807) is 39.9 Å². The van der Waals surface area contributed by atoms with Gasteiger partial charge >= 0.3 is 18.0 Å². The van der Waals surface area contributed by atoms with Gasteiger partial charge in [-0.2, -0.15) is 0 Å². The van der Waals surface area contributed by atoms with E-state index in [0.717, 1.165) is 38.7 Å². The van der Waals surface area contributed by atoms with Crippen LogP contribution in [0.25, 0.3) is 21.8 Å². The predicted octanol–water partition coefficient (Wildman–Crippen LogP) is 3.97. The average molecular weight is 842 g/mol. The number of rotatable bonds is 8. The van der Waals surface area contributed by atoms with Gasteiger partial charge in [0.2, 0.25) is 5.91 Å². The Kier molecular flexibility index (Phi) is 14.9. The third-order valence-corrected chi connectivity index (χ3v) is 10.3. The maximum absolute atomic E-state index is 12.6. The van der Waals surface area contributed by atoms with Gasteiger partial charge in [0.15, 0.2) is 0 Å². The number of urea groups is 2. The van der Waals surface area contributed by atoms with Gasteiger partial charge in [-0.3, -0.25) is 9.59 Å². The van der Waals surface area contributed by atoms with E-state index in [-0.39, 0.29) is 39.5 Å². The van der Waals surface area contributed by atoms with Crippen molar-refractivity contribution in [3.63, 3.8) is 0 Å². The van der Waals surface area contributed by atoms with Crippen LogP contribution in [0.3, 0.4) is 0 Å². The van der Waals surface area contributed by atoms with Gasteiger partial charge in [-0.15, -0.1) is 0 Å². The van der Waals surface area contributed by atoms with Crippen LogP contribution >= 0.6 is 23.2 Å². The fourth-order valence-corrected chi connectivity index (χ4v) is 7.17. The van der Waals surface area contributed by atoms with E-state index >= 15 is 0 Å². The molecule has 0 atom stereocenters. The molecule has 2 saturated heterocycles. The first-order valence-corrected chi connectivity index (χ1v) is 19.4. The molecule has 0 spiro atoms. The maximum Gasteiger partial charge on any atom is 0.323 e. The Hall–Kier alpha value is -6.20. The number of nitrogens with zero attached hydrogens (tertiary/aromatic N) is 7. The summed E-state index contributed by atoms with van der Waals surface area (Å²) in [5.74, 6) is -0.364. The number of carboxylic acids is 1. The van der Waals surface area contributed by atoms with E-state index in [2.05, 4.69) is 30.4 Å². The molecule has 3 aromatic carbocycles. The van der Waals surface area contributed by atoms with E-state index in [4.69, 9.17) is 39.8 Å². The van der Waals surface area contributed by atoms with Crippen molar-refractivity contribution in [2.24, 2.45) is 0 Å². The summed E-state index contributed by atoms with van der Waals surface area (Å²) in [5.41, 5.74) is 16.4. The number of aliphatic carboxylic acids is 1. The van der Waals surface area contributed by atoms with Crippen molar-refractivity contribution in [3.8, 4) is 0 Å². The van der Waals surface area contributed by atoms with Crippen molar-refractivity contribution >= 4 is 100 Å². The number of amides is 5. The van der Waals surface area contributed by atoms with Crippen molar-refractivity contribution in [3.05, 3.63) is 94.5 Å². The van der Waals surface area contributed by atoms with Crippen molar-refractivity contribution in [2.75, 3.05) is 93.8 Å². The summed E-state index contributed by atoms with van der Waals surface area (Å²) in [7, 11) is 1.73. The minimum Gasteiger partial charge on any atom is -0.480 e. The summed E-state index contributed by atoms with van der Waals surface area (Å²) in [6.45, 7) is 4.67. The van der Waals surface area contributed by atoms with Crippen molar-refractivity contribution < 1.29 is 24.3 Å². The Morgan fingerprint density at radius 3 is 1.56 bits per heavy atom. The summed E-state index contributed by atoms with van der Waals surface area (Å²) in [5, 5.41) is 16.9. The molecular formula is C40H45BCl2N11O5. The highest BCUT2D eigenvalue weighted by Gasteiger charge is 2.25. The van der Waals surface area contributed by atoms with Crippen LogP contribution in [-0.4, -0.2) is 135 Å². The zero-order valence-electron chi connectivity index (χ0n) is 32.5. The summed E-state index contributed by atoms with van der Waals surface area (Å²) in [4.78, 5) is 65.4. The number of fused-ring (bicyclic) bond motifs is 2. The number of carbonyl (C=O) groups excluding carboxylic acids is 3. The van der Waals surface area contributed by atoms with E-state index in [1.807, 2.05) is 60.7 Å². The summed E-state index contributed by atoms with van der Waals surface area (Å²) >= 11 is 12.1. The van der Waals surface area contributed by atoms with Crippen LogP contribution in [0.2, 0.25) is 10.0 Å². The molecule has 59 heavy (non-hydrogen) atoms. The van der Waals surface area contributed by atoms with Crippen LogP contribution in [0.15, 0.2) is 78.9 Å². The zero-order chi connectivity index (χ0) is 41.3. The number of aromatic nitrogens is 2. The Morgan fingerprint density at radius 2 is 1.12 bits per heavy atom. The van der Waals surface area contributed by atoms with Crippen LogP contribution in [0, 0.1) is 0 Å². The highest BCUT2D eigenvalue weighted by Crippen LogP contribution is 2.32. The number of pyridine rings is 2. The molecule has 19 heteroatoms. The highest BCUT2D eigenvalue weighted by molar-refractivity contribution is 6.31. The molecule has 7 N–H and O–H groups in total. The fourth-order valence-electron chi connectivity index (χ4n) is 6.84. The van der Waals surface area contributed by atoms with Gasteiger partial charge in [-0.25, -0.2) is 19.6 Å². The zero-order valence-corrected chi connectivity index (χ0v) is 34.0. The smallest absolute Gasteiger partial charge is 0.323 e. The number of likely N-dealkylation sites (N-methyl/N-ethyl adjacent to an activating group) is 1. The fraction of sp³-hybridized carbons (Fsp3) is 0.300. The first-order chi connectivity index (χ1) is 27.8. The number of anilines is 4. The number of hydrogen-bond acceptors (Lipinski definition) is 10. The molecule has 0 saturated carbocycles. The lowest BCUT2D eigenvalue weighted by Gasteiger charge is -2.36. The number of nitrogens with two attached hydrogens (primary N) is 2. The molecule has 0 aliphatic carbocycles. The summed E-state index contributed by atoms with van der Waals surface area (Å²) < 4.78 is 0. The second-order valence-electron chi connectivity index (χ2n) is 13.9. The lowest BCUT2D eigenvalue weighted by molar-refractivity contribution is -0.135. The van der Waals surface area contributed by atoms with E-state index in [0.29, 0.717) is 80.6 Å². The molecule has 3 radical (unpaired) electrons. The molecule has 16 nitrogen and oxygen atoms in total. The van der Waals surface area contributed by atoms with Gasteiger partial charge < -0.3 is 51.7 Å². The van der Waals surface area contributed by atoms with Gasteiger partial charge in [0.05, 0.1) is 17.6 Å². The maximum atomic E-state index is 12.6. The average Bonchev–Trinajstić information content (AvgIpc) is 3.21. The third-order valence-electron chi connectivity index (χ3n) is 9.82. The van der Waals surface area contributed by atoms with Gasteiger partial charge in [0.1, 0.15) is 18.2 Å². The number of piperazine rings is 2. The van der Waals surface area contributed by atoms with Gasteiger partial charge in [0.25, 0.3) is 0 Å². The number of carbonyl (C=O) groups is 4. The van der Waals surface area contributed by atoms with Crippen LogP contribution in [-0.2, 0) is 16.1 Å².